The maximum atomic E-state index is 6.12. The highest BCUT2D eigenvalue weighted by molar-refractivity contribution is 7.20. The summed E-state index contributed by atoms with van der Waals surface area (Å²) >= 11 is 13.5. The van der Waals surface area contributed by atoms with Crippen molar-refractivity contribution in [3.63, 3.8) is 0 Å². The molecule has 0 fully saturated rings. The second-order valence-corrected chi connectivity index (χ2v) is 7.47. The van der Waals surface area contributed by atoms with Gasteiger partial charge in [-0.1, -0.05) is 37.0 Å². The van der Waals surface area contributed by atoms with Crippen molar-refractivity contribution in [1.29, 1.82) is 0 Å². The highest BCUT2D eigenvalue weighted by Gasteiger charge is 2.18. The monoisotopic (exact) mass is 309 g/mol. The number of aryl methyl sites for hydroxylation is 1. The standard InChI is InChI=1S/C13H21Cl2NOS/c1-13(2,9-16-6-7-17-3)5-4-10-8-11(14)18-12(10)15/h8,16H,4-7,9H2,1-3H3. The van der Waals surface area contributed by atoms with Crippen LogP contribution in [0.3, 0.4) is 0 Å². The van der Waals surface area contributed by atoms with E-state index in [1.165, 1.54) is 11.3 Å². The zero-order chi connectivity index (χ0) is 13.6. The molecule has 1 heterocycles. The Kier molecular flexibility index (Phi) is 6.96. The van der Waals surface area contributed by atoms with Crippen LogP contribution < -0.4 is 5.32 Å². The third-order valence-electron chi connectivity index (χ3n) is 2.88. The van der Waals surface area contributed by atoms with Crippen molar-refractivity contribution in [1.82, 2.24) is 5.32 Å². The molecule has 0 bridgehead atoms. The summed E-state index contributed by atoms with van der Waals surface area (Å²) in [5.74, 6) is 0. The van der Waals surface area contributed by atoms with E-state index in [1.54, 1.807) is 7.11 Å². The first-order valence-electron chi connectivity index (χ1n) is 6.08. The Morgan fingerprint density at radius 2 is 2.11 bits per heavy atom. The third kappa shape index (κ3) is 5.89. The molecule has 1 rings (SSSR count). The molecule has 1 aromatic heterocycles. The van der Waals surface area contributed by atoms with Gasteiger partial charge in [0.25, 0.3) is 0 Å². The Bertz CT molecular complexity index is 366. The Morgan fingerprint density at radius 3 is 2.67 bits per heavy atom. The summed E-state index contributed by atoms with van der Waals surface area (Å²) in [5, 5.41) is 3.40. The lowest BCUT2D eigenvalue weighted by atomic mass is 9.86. The summed E-state index contributed by atoms with van der Waals surface area (Å²) in [6.07, 6.45) is 2.06. The molecule has 0 unspecified atom stereocenters. The Morgan fingerprint density at radius 1 is 1.39 bits per heavy atom. The van der Waals surface area contributed by atoms with Crippen molar-refractivity contribution in [3.8, 4) is 0 Å². The van der Waals surface area contributed by atoms with Crippen molar-refractivity contribution in [2.24, 2.45) is 5.41 Å². The molecule has 1 N–H and O–H groups in total. The molecule has 0 amide bonds. The molecule has 5 heteroatoms. The summed E-state index contributed by atoms with van der Waals surface area (Å²) in [7, 11) is 1.72. The van der Waals surface area contributed by atoms with Crippen LogP contribution in [0, 0.1) is 5.41 Å². The molecule has 0 saturated carbocycles. The lowest BCUT2D eigenvalue weighted by Crippen LogP contribution is -2.31. The predicted octanol–water partition coefficient (Wildman–Crippen LogP) is 4.25. The second kappa shape index (κ2) is 7.71. The van der Waals surface area contributed by atoms with Crippen LogP contribution in [-0.2, 0) is 11.2 Å². The van der Waals surface area contributed by atoms with Crippen LogP contribution in [-0.4, -0.2) is 26.8 Å². The number of ether oxygens (including phenoxy) is 1. The first kappa shape index (κ1) is 16.3. The molecule has 0 radical (unpaired) electrons. The summed E-state index contributed by atoms with van der Waals surface area (Å²) in [5.41, 5.74) is 1.41. The Balaban J connectivity index is 2.34. The first-order chi connectivity index (χ1) is 8.44. The molecule has 2 nitrogen and oxygen atoms in total. The maximum Gasteiger partial charge on any atom is 0.0976 e. The summed E-state index contributed by atoms with van der Waals surface area (Å²) < 4.78 is 6.60. The van der Waals surface area contributed by atoms with Crippen molar-refractivity contribution in [2.75, 3.05) is 26.8 Å². The predicted molar refractivity (Wildman–Crippen MR) is 81.2 cm³/mol. The van der Waals surface area contributed by atoms with Crippen LogP contribution >= 0.6 is 34.5 Å². The van der Waals surface area contributed by atoms with Crippen molar-refractivity contribution < 1.29 is 4.74 Å². The van der Waals surface area contributed by atoms with Crippen molar-refractivity contribution >= 4 is 34.5 Å². The van der Waals surface area contributed by atoms with Gasteiger partial charge in [-0.25, -0.2) is 0 Å². The highest BCUT2D eigenvalue weighted by Crippen LogP contribution is 2.33. The van der Waals surface area contributed by atoms with Crippen molar-refractivity contribution in [2.45, 2.75) is 26.7 Å². The van der Waals surface area contributed by atoms with Crippen LogP contribution in [0.1, 0.15) is 25.8 Å². The van der Waals surface area contributed by atoms with E-state index in [9.17, 15) is 0 Å². The summed E-state index contributed by atoms with van der Waals surface area (Å²) in [6, 6.07) is 1.98. The topological polar surface area (TPSA) is 21.3 Å². The van der Waals surface area contributed by atoms with E-state index >= 15 is 0 Å². The van der Waals surface area contributed by atoms with Gasteiger partial charge in [0, 0.05) is 20.2 Å². The van der Waals surface area contributed by atoms with Gasteiger partial charge in [0.1, 0.15) is 0 Å². The largest absolute Gasteiger partial charge is 0.383 e. The van der Waals surface area contributed by atoms with E-state index in [0.717, 1.165) is 46.8 Å². The summed E-state index contributed by atoms with van der Waals surface area (Å²) in [6.45, 7) is 7.14. The molecular weight excluding hydrogens is 289 g/mol. The quantitative estimate of drug-likeness (QED) is 0.725. The van der Waals surface area contributed by atoms with E-state index in [4.69, 9.17) is 27.9 Å². The highest BCUT2D eigenvalue weighted by atomic mass is 35.5. The number of hydrogen-bond donors (Lipinski definition) is 1. The van der Waals surface area contributed by atoms with E-state index < -0.39 is 0 Å². The fourth-order valence-electron chi connectivity index (χ4n) is 1.71. The van der Waals surface area contributed by atoms with Crippen molar-refractivity contribution in [3.05, 3.63) is 20.3 Å². The average molecular weight is 310 g/mol. The van der Waals surface area contributed by atoms with Gasteiger partial charge in [0.05, 0.1) is 15.3 Å². The molecule has 0 saturated heterocycles. The number of halogens is 2. The summed E-state index contributed by atoms with van der Waals surface area (Å²) in [4.78, 5) is 0. The van der Waals surface area contributed by atoms with Gasteiger partial charge in [-0.2, -0.15) is 0 Å². The van der Waals surface area contributed by atoms with Crippen LogP contribution in [0.15, 0.2) is 6.07 Å². The average Bonchev–Trinajstić information content (AvgIpc) is 2.61. The Hall–Kier alpha value is 0.200. The molecule has 0 aliphatic carbocycles. The van der Waals surface area contributed by atoms with Gasteiger partial charge in [-0.05, 0) is 29.9 Å². The molecule has 104 valence electrons. The van der Waals surface area contributed by atoms with E-state index in [1.807, 2.05) is 6.07 Å². The molecule has 0 aliphatic heterocycles. The van der Waals surface area contributed by atoms with Gasteiger partial charge in [0.15, 0.2) is 0 Å². The zero-order valence-corrected chi connectivity index (χ0v) is 13.5. The normalized spacial score (nSPS) is 12.1. The van der Waals surface area contributed by atoms with Gasteiger partial charge >= 0.3 is 0 Å². The lowest BCUT2D eigenvalue weighted by molar-refractivity contribution is 0.193. The Labute approximate surface area is 124 Å². The number of nitrogens with one attached hydrogen (secondary N) is 1. The second-order valence-electron chi connectivity index (χ2n) is 5.18. The van der Waals surface area contributed by atoms with Gasteiger partial charge in [-0.15, -0.1) is 11.3 Å². The number of thiophene rings is 1. The van der Waals surface area contributed by atoms with Crippen LogP contribution in [0.5, 0.6) is 0 Å². The van der Waals surface area contributed by atoms with Gasteiger partial charge in [-0.3, -0.25) is 0 Å². The number of methoxy groups -OCH3 is 1. The van der Waals surface area contributed by atoms with E-state index in [2.05, 4.69) is 19.2 Å². The minimum atomic E-state index is 0.242. The smallest absolute Gasteiger partial charge is 0.0976 e. The van der Waals surface area contributed by atoms with Crippen LogP contribution in [0.4, 0.5) is 0 Å². The fraction of sp³-hybridized carbons (Fsp3) is 0.692. The molecular formula is C13H21Cl2NOS. The minimum absolute atomic E-state index is 0.242. The molecule has 1 aromatic rings. The first-order valence-corrected chi connectivity index (χ1v) is 7.65. The van der Waals surface area contributed by atoms with E-state index in [-0.39, 0.29) is 5.41 Å². The number of hydrogen-bond acceptors (Lipinski definition) is 3. The fourth-order valence-corrected chi connectivity index (χ4v) is 3.25. The molecule has 0 spiro atoms. The molecule has 0 atom stereocenters. The maximum absolute atomic E-state index is 6.12. The minimum Gasteiger partial charge on any atom is -0.383 e. The molecule has 0 aromatic carbocycles. The van der Waals surface area contributed by atoms with Crippen LogP contribution in [0.2, 0.25) is 8.67 Å². The zero-order valence-electron chi connectivity index (χ0n) is 11.2. The van der Waals surface area contributed by atoms with E-state index in [0.29, 0.717) is 0 Å². The SMILES string of the molecule is COCCNCC(C)(C)CCc1cc(Cl)sc1Cl. The van der Waals surface area contributed by atoms with Crippen LogP contribution in [0.25, 0.3) is 0 Å². The third-order valence-corrected chi connectivity index (χ3v) is 4.45. The molecule has 0 aliphatic rings. The van der Waals surface area contributed by atoms with Gasteiger partial charge < -0.3 is 10.1 Å². The van der Waals surface area contributed by atoms with Gasteiger partial charge in [0.2, 0.25) is 0 Å². The number of rotatable bonds is 8. The molecule has 18 heavy (non-hydrogen) atoms. The lowest BCUT2D eigenvalue weighted by Gasteiger charge is -2.25.